The van der Waals surface area contributed by atoms with E-state index in [-0.39, 0.29) is 11.7 Å². The highest BCUT2D eigenvalue weighted by Gasteiger charge is 2.23. The predicted molar refractivity (Wildman–Crippen MR) is 67.0 cm³/mol. The van der Waals surface area contributed by atoms with Crippen LogP contribution in [0.1, 0.15) is 40.0 Å². The summed E-state index contributed by atoms with van der Waals surface area (Å²) in [5, 5.41) is 0. The summed E-state index contributed by atoms with van der Waals surface area (Å²) in [5.41, 5.74) is -0.0489. The normalized spacial score (nSPS) is 18.2. The largest absolute Gasteiger partial charge is 0.453 e. The summed E-state index contributed by atoms with van der Waals surface area (Å²) in [6, 6.07) is 0. The SMILES string of the molecule is COC(=O)N1CCC(CCOC(C)(C)C)CC1. The molecule has 0 bridgehead atoms. The van der Waals surface area contributed by atoms with Gasteiger partial charge in [-0.05, 0) is 46.0 Å². The molecule has 1 heterocycles. The first-order valence-electron chi connectivity index (χ1n) is 6.39. The standard InChI is InChI=1S/C13H25NO3/c1-13(2,3)17-10-7-11-5-8-14(9-6-11)12(15)16-4/h11H,5-10H2,1-4H3. The molecular formula is C13H25NO3. The van der Waals surface area contributed by atoms with Crippen molar-refractivity contribution in [1.82, 2.24) is 4.90 Å². The van der Waals surface area contributed by atoms with Crippen LogP contribution in [0.4, 0.5) is 4.79 Å². The maximum atomic E-state index is 11.3. The minimum absolute atomic E-state index is 0.0489. The molecule has 0 N–H and O–H groups in total. The van der Waals surface area contributed by atoms with Gasteiger partial charge in [0.2, 0.25) is 0 Å². The predicted octanol–water partition coefficient (Wildman–Crippen LogP) is 2.67. The molecule has 17 heavy (non-hydrogen) atoms. The molecule has 0 spiro atoms. The van der Waals surface area contributed by atoms with Gasteiger partial charge in [0.15, 0.2) is 0 Å². The van der Waals surface area contributed by atoms with E-state index < -0.39 is 0 Å². The van der Waals surface area contributed by atoms with Gasteiger partial charge in [-0.15, -0.1) is 0 Å². The first kappa shape index (κ1) is 14.3. The number of carbonyl (C=O) groups is 1. The fourth-order valence-corrected chi connectivity index (χ4v) is 2.07. The molecule has 1 saturated heterocycles. The highest BCUT2D eigenvalue weighted by molar-refractivity contribution is 5.67. The summed E-state index contributed by atoms with van der Waals surface area (Å²) in [4.78, 5) is 13.1. The molecule has 1 fully saturated rings. The van der Waals surface area contributed by atoms with Gasteiger partial charge in [0.1, 0.15) is 0 Å². The van der Waals surface area contributed by atoms with Crippen LogP contribution in [0.3, 0.4) is 0 Å². The van der Waals surface area contributed by atoms with Crippen molar-refractivity contribution < 1.29 is 14.3 Å². The third-order valence-electron chi connectivity index (χ3n) is 3.11. The molecule has 0 atom stereocenters. The average Bonchev–Trinajstić information content (AvgIpc) is 2.27. The van der Waals surface area contributed by atoms with Crippen LogP contribution in [0.15, 0.2) is 0 Å². The Morgan fingerprint density at radius 3 is 2.35 bits per heavy atom. The Morgan fingerprint density at radius 1 is 1.29 bits per heavy atom. The van der Waals surface area contributed by atoms with Gasteiger partial charge in [0.05, 0.1) is 12.7 Å². The van der Waals surface area contributed by atoms with Crippen LogP contribution < -0.4 is 0 Å². The highest BCUT2D eigenvalue weighted by atomic mass is 16.5. The molecule has 4 heteroatoms. The first-order valence-corrected chi connectivity index (χ1v) is 6.39. The van der Waals surface area contributed by atoms with Crippen molar-refractivity contribution in [1.29, 1.82) is 0 Å². The zero-order valence-corrected chi connectivity index (χ0v) is 11.5. The van der Waals surface area contributed by atoms with Gasteiger partial charge in [0, 0.05) is 19.7 Å². The van der Waals surface area contributed by atoms with Gasteiger partial charge in [-0.1, -0.05) is 0 Å². The van der Waals surface area contributed by atoms with Gasteiger partial charge in [-0.3, -0.25) is 0 Å². The molecule has 0 aromatic heterocycles. The number of methoxy groups -OCH3 is 1. The summed E-state index contributed by atoms with van der Waals surface area (Å²) < 4.78 is 10.4. The Bertz CT molecular complexity index is 240. The molecule has 0 aromatic rings. The van der Waals surface area contributed by atoms with E-state index in [1.165, 1.54) is 7.11 Å². The Morgan fingerprint density at radius 2 is 1.88 bits per heavy atom. The lowest BCUT2D eigenvalue weighted by molar-refractivity contribution is -0.0123. The van der Waals surface area contributed by atoms with E-state index in [9.17, 15) is 4.79 Å². The number of rotatable bonds is 3. The fraction of sp³-hybridized carbons (Fsp3) is 0.923. The molecule has 0 aliphatic carbocycles. The van der Waals surface area contributed by atoms with E-state index in [0.717, 1.165) is 39.0 Å². The number of hydrogen-bond acceptors (Lipinski definition) is 3. The number of likely N-dealkylation sites (tertiary alicyclic amines) is 1. The molecular weight excluding hydrogens is 218 g/mol. The van der Waals surface area contributed by atoms with Crippen molar-refractivity contribution in [2.75, 3.05) is 26.8 Å². The number of nitrogens with zero attached hydrogens (tertiary/aromatic N) is 1. The molecule has 0 unspecified atom stereocenters. The van der Waals surface area contributed by atoms with E-state index in [1.54, 1.807) is 4.90 Å². The summed E-state index contributed by atoms with van der Waals surface area (Å²) in [5.74, 6) is 0.679. The molecule has 1 aliphatic heterocycles. The molecule has 1 rings (SSSR count). The van der Waals surface area contributed by atoms with Crippen molar-refractivity contribution in [3.05, 3.63) is 0 Å². The molecule has 0 saturated carbocycles. The third-order valence-corrected chi connectivity index (χ3v) is 3.11. The van der Waals surface area contributed by atoms with Crippen molar-refractivity contribution in [3.63, 3.8) is 0 Å². The number of piperidine rings is 1. The lowest BCUT2D eigenvalue weighted by Gasteiger charge is -2.31. The van der Waals surface area contributed by atoms with E-state index in [0.29, 0.717) is 5.92 Å². The summed E-state index contributed by atoms with van der Waals surface area (Å²) in [7, 11) is 1.44. The van der Waals surface area contributed by atoms with Crippen LogP contribution in [-0.4, -0.2) is 43.4 Å². The van der Waals surface area contributed by atoms with E-state index >= 15 is 0 Å². The number of amides is 1. The zero-order valence-electron chi connectivity index (χ0n) is 11.5. The third kappa shape index (κ3) is 5.39. The van der Waals surface area contributed by atoms with Crippen molar-refractivity contribution >= 4 is 6.09 Å². The summed E-state index contributed by atoms with van der Waals surface area (Å²) >= 11 is 0. The molecule has 1 amide bonds. The zero-order chi connectivity index (χ0) is 12.9. The second-order valence-electron chi connectivity index (χ2n) is 5.65. The fourth-order valence-electron chi connectivity index (χ4n) is 2.07. The smallest absolute Gasteiger partial charge is 0.409 e. The van der Waals surface area contributed by atoms with Gasteiger partial charge in [-0.2, -0.15) is 0 Å². The first-order chi connectivity index (χ1) is 7.92. The highest BCUT2D eigenvalue weighted by Crippen LogP contribution is 2.21. The Hall–Kier alpha value is -0.770. The van der Waals surface area contributed by atoms with E-state index in [2.05, 4.69) is 20.8 Å². The van der Waals surface area contributed by atoms with Gasteiger partial charge in [0.25, 0.3) is 0 Å². The van der Waals surface area contributed by atoms with Crippen LogP contribution in [0.25, 0.3) is 0 Å². The van der Waals surface area contributed by atoms with Gasteiger partial charge in [-0.25, -0.2) is 4.79 Å². The average molecular weight is 243 g/mol. The van der Waals surface area contributed by atoms with E-state index in [4.69, 9.17) is 9.47 Å². The Kier molecular flexibility index (Phi) is 5.25. The van der Waals surface area contributed by atoms with Crippen molar-refractivity contribution in [3.8, 4) is 0 Å². The molecule has 1 aliphatic rings. The molecule has 100 valence electrons. The second-order valence-corrected chi connectivity index (χ2v) is 5.65. The number of ether oxygens (including phenoxy) is 2. The topological polar surface area (TPSA) is 38.8 Å². The number of carbonyl (C=O) groups excluding carboxylic acids is 1. The number of hydrogen-bond donors (Lipinski definition) is 0. The van der Waals surface area contributed by atoms with Crippen LogP contribution in [0.2, 0.25) is 0 Å². The van der Waals surface area contributed by atoms with Crippen LogP contribution in [0.5, 0.6) is 0 Å². The van der Waals surface area contributed by atoms with Crippen molar-refractivity contribution in [2.24, 2.45) is 5.92 Å². The summed E-state index contributed by atoms with van der Waals surface area (Å²) in [6.07, 6.45) is 3.01. The van der Waals surface area contributed by atoms with Crippen LogP contribution >= 0.6 is 0 Å². The lowest BCUT2D eigenvalue weighted by Crippen LogP contribution is -2.38. The molecule has 0 radical (unpaired) electrons. The van der Waals surface area contributed by atoms with Crippen LogP contribution in [0, 0.1) is 5.92 Å². The van der Waals surface area contributed by atoms with Crippen molar-refractivity contribution in [2.45, 2.75) is 45.6 Å². The quantitative estimate of drug-likeness (QED) is 0.765. The maximum Gasteiger partial charge on any atom is 0.409 e. The maximum absolute atomic E-state index is 11.3. The molecule has 4 nitrogen and oxygen atoms in total. The lowest BCUT2D eigenvalue weighted by atomic mass is 9.94. The minimum Gasteiger partial charge on any atom is -0.453 e. The van der Waals surface area contributed by atoms with Gasteiger partial charge < -0.3 is 14.4 Å². The Balaban J connectivity index is 2.17. The second kappa shape index (κ2) is 6.24. The monoisotopic (exact) mass is 243 g/mol. The van der Waals surface area contributed by atoms with Gasteiger partial charge >= 0.3 is 6.09 Å². The molecule has 0 aromatic carbocycles. The summed E-state index contributed by atoms with van der Waals surface area (Å²) in [6.45, 7) is 8.67. The van der Waals surface area contributed by atoms with E-state index in [1.807, 2.05) is 0 Å². The Labute approximate surface area is 104 Å². The minimum atomic E-state index is -0.200. The van der Waals surface area contributed by atoms with Crippen LogP contribution in [-0.2, 0) is 9.47 Å².